The third kappa shape index (κ3) is 5.04. The van der Waals surface area contributed by atoms with Crippen molar-refractivity contribution in [2.75, 3.05) is 18.2 Å². The van der Waals surface area contributed by atoms with Gasteiger partial charge in [-0.25, -0.2) is 4.98 Å². The molecule has 0 saturated carbocycles. The molecule has 0 unspecified atom stereocenters. The van der Waals surface area contributed by atoms with E-state index in [1.54, 1.807) is 7.11 Å². The normalized spacial score (nSPS) is 10.8. The van der Waals surface area contributed by atoms with E-state index < -0.39 is 0 Å². The molecule has 0 atom stereocenters. The minimum Gasteiger partial charge on any atom is -0.497 e. The second-order valence-corrected chi connectivity index (χ2v) is 7.71. The first-order valence-corrected chi connectivity index (χ1v) is 10.4. The number of carbonyl (C=O) groups excluding carboxylic acids is 1. The third-order valence-electron chi connectivity index (χ3n) is 3.72. The smallest absolute Gasteiger partial charge is 0.277 e. The summed E-state index contributed by atoms with van der Waals surface area (Å²) >= 11 is 2.54. The molecule has 2 aromatic heterocycles. The predicted molar refractivity (Wildman–Crippen MR) is 111 cm³/mol. The summed E-state index contributed by atoms with van der Waals surface area (Å²) in [7, 11) is 1.61. The molecule has 2 aromatic carbocycles. The van der Waals surface area contributed by atoms with Crippen molar-refractivity contribution in [3.05, 3.63) is 54.4 Å². The molecule has 1 amide bonds. The van der Waals surface area contributed by atoms with E-state index in [9.17, 15) is 4.79 Å². The molecule has 2 heterocycles. The SMILES string of the molecule is COc1ccc2nc(NC(=O)CSc3nnc(COc4ccccc4)o3)sc2c1. The Balaban J connectivity index is 1.28. The highest BCUT2D eigenvalue weighted by Gasteiger charge is 2.12. The van der Waals surface area contributed by atoms with Crippen LogP contribution in [0.15, 0.2) is 58.2 Å². The molecular formula is C19H16N4O4S2. The molecule has 4 rings (SSSR count). The first-order valence-electron chi connectivity index (χ1n) is 8.57. The van der Waals surface area contributed by atoms with Gasteiger partial charge in [-0.3, -0.25) is 4.79 Å². The zero-order valence-electron chi connectivity index (χ0n) is 15.3. The van der Waals surface area contributed by atoms with Crippen molar-refractivity contribution in [1.29, 1.82) is 0 Å². The first kappa shape index (κ1) is 19.2. The van der Waals surface area contributed by atoms with E-state index in [0.29, 0.717) is 22.0 Å². The number of hydrogen-bond donors (Lipinski definition) is 1. The highest BCUT2D eigenvalue weighted by Crippen LogP contribution is 2.29. The van der Waals surface area contributed by atoms with Crippen LogP contribution in [0.1, 0.15) is 5.89 Å². The van der Waals surface area contributed by atoms with Gasteiger partial charge in [0.2, 0.25) is 5.91 Å². The first-order chi connectivity index (χ1) is 14.2. The second kappa shape index (κ2) is 8.93. The molecule has 0 aliphatic heterocycles. The monoisotopic (exact) mass is 428 g/mol. The summed E-state index contributed by atoms with van der Waals surface area (Å²) in [6.07, 6.45) is 0. The largest absolute Gasteiger partial charge is 0.497 e. The van der Waals surface area contributed by atoms with Crippen LogP contribution < -0.4 is 14.8 Å². The van der Waals surface area contributed by atoms with Crippen molar-refractivity contribution in [1.82, 2.24) is 15.2 Å². The fourth-order valence-electron chi connectivity index (χ4n) is 2.38. The van der Waals surface area contributed by atoms with Gasteiger partial charge in [0.05, 0.1) is 23.1 Å². The maximum atomic E-state index is 12.2. The fourth-order valence-corrected chi connectivity index (χ4v) is 3.88. The minimum absolute atomic E-state index is 0.125. The van der Waals surface area contributed by atoms with E-state index >= 15 is 0 Å². The van der Waals surface area contributed by atoms with E-state index in [0.717, 1.165) is 27.7 Å². The molecule has 8 nitrogen and oxygen atoms in total. The maximum Gasteiger partial charge on any atom is 0.277 e. The van der Waals surface area contributed by atoms with Crippen LogP contribution in [0.25, 0.3) is 10.2 Å². The number of anilines is 1. The van der Waals surface area contributed by atoms with Crippen LogP contribution in [0.5, 0.6) is 11.5 Å². The van der Waals surface area contributed by atoms with Crippen LogP contribution in [0, 0.1) is 0 Å². The number of nitrogens with one attached hydrogen (secondary N) is 1. The lowest BCUT2D eigenvalue weighted by atomic mass is 10.3. The second-order valence-electron chi connectivity index (χ2n) is 5.75. The van der Waals surface area contributed by atoms with Crippen molar-refractivity contribution in [3.63, 3.8) is 0 Å². The van der Waals surface area contributed by atoms with Gasteiger partial charge in [-0.2, -0.15) is 0 Å². The van der Waals surface area contributed by atoms with Gasteiger partial charge in [0, 0.05) is 0 Å². The van der Waals surface area contributed by atoms with Gasteiger partial charge >= 0.3 is 0 Å². The lowest BCUT2D eigenvalue weighted by Gasteiger charge is -2.01. The molecule has 1 N–H and O–H groups in total. The van der Waals surface area contributed by atoms with Crippen LogP contribution in [-0.4, -0.2) is 34.0 Å². The number of carbonyl (C=O) groups is 1. The Hall–Kier alpha value is -3.11. The summed E-state index contributed by atoms with van der Waals surface area (Å²) in [5.41, 5.74) is 0.804. The summed E-state index contributed by atoms with van der Waals surface area (Å²) in [4.78, 5) is 16.6. The van der Waals surface area contributed by atoms with Crippen molar-refractivity contribution in [2.24, 2.45) is 0 Å². The summed E-state index contributed by atoms with van der Waals surface area (Å²) in [5.74, 6) is 1.73. The van der Waals surface area contributed by atoms with E-state index in [1.165, 1.54) is 11.3 Å². The number of thioether (sulfide) groups is 1. The zero-order chi connectivity index (χ0) is 20.1. The molecule has 0 saturated heterocycles. The number of fused-ring (bicyclic) bond motifs is 1. The molecule has 0 aliphatic rings. The van der Waals surface area contributed by atoms with Gasteiger partial charge in [-0.05, 0) is 30.3 Å². The van der Waals surface area contributed by atoms with Gasteiger partial charge < -0.3 is 19.2 Å². The number of hydrogen-bond acceptors (Lipinski definition) is 9. The van der Waals surface area contributed by atoms with E-state index in [-0.39, 0.29) is 18.3 Å². The van der Waals surface area contributed by atoms with Gasteiger partial charge in [-0.1, -0.05) is 41.3 Å². The molecule has 0 radical (unpaired) electrons. The number of para-hydroxylation sites is 1. The van der Waals surface area contributed by atoms with E-state index in [2.05, 4.69) is 20.5 Å². The average Bonchev–Trinajstić information content (AvgIpc) is 3.37. The number of methoxy groups -OCH3 is 1. The number of benzene rings is 2. The van der Waals surface area contributed by atoms with Crippen LogP contribution >= 0.6 is 23.1 Å². The van der Waals surface area contributed by atoms with Crippen molar-refractivity contribution in [3.8, 4) is 11.5 Å². The van der Waals surface area contributed by atoms with Gasteiger partial charge in [0.1, 0.15) is 11.5 Å². The van der Waals surface area contributed by atoms with Crippen LogP contribution in [0.2, 0.25) is 0 Å². The fraction of sp³-hybridized carbons (Fsp3) is 0.158. The molecule has 29 heavy (non-hydrogen) atoms. The van der Waals surface area contributed by atoms with Crippen molar-refractivity contribution < 1.29 is 18.7 Å². The minimum atomic E-state index is -0.207. The van der Waals surface area contributed by atoms with E-state index in [4.69, 9.17) is 13.9 Å². The number of rotatable bonds is 8. The number of ether oxygens (including phenoxy) is 2. The highest BCUT2D eigenvalue weighted by molar-refractivity contribution is 7.99. The maximum absolute atomic E-state index is 12.2. The quantitative estimate of drug-likeness (QED) is 0.421. The molecule has 0 fully saturated rings. The molecule has 10 heteroatoms. The Morgan fingerprint density at radius 2 is 2.03 bits per heavy atom. The van der Waals surface area contributed by atoms with Gasteiger partial charge in [-0.15, -0.1) is 10.2 Å². The van der Waals surface area contributed by atoms with Crippen molar-refractivity contribution in [2.45, 2.75) is 11.8 Å². The Kier molecular flexibility index (Phi) is 5.92. The zero-order valence-corrected chi connectivity index (χ0v) is 17.0. The van der Waals surface area contributed by atoms with Gasteiger partial charge in [0.15, 0.2) is 11.7 Å². The van der Waals surface area contributed by atoms with E-state index in [1.807, 2.05) is 48.5 Å². The molecule has 0 aliphatic carbocycles. The number of nitrogens with zero attached hydrogens (tertiary/aromatic N) is 3. The summed E-state index contributed by atoms with van der Waals surface area (Å²) < 4.78 is 17.2. The summed E-state index contributed by atoms with van der Waals surface area (Å²) in [6.45, 7) is 0.166. The average molecular weight is 428 g/mol. The number of amides is 1. The summed E-state index contributed by atoms with van der Waals surface area (Å²) in [6, 6.07) is 14.9. The highest BCUT2D eigenvalue weighted by atomic mass is 32.2. The van der Waals surface area contributed by atoms with Crippen molar-refractivity contribution >= 4 is 44.4 Å². The standard InChI is InChI=1S/C19H16N4O4S2/c1-25-13-7-8-14-15(9-13)29-18(20-14)21-16(24)11-28-19-23-22-17(27-19)10-26-12-5-3-2-4-6-12/h2-9H,10-11H2,1H3,(H,20,21,24). The molecule has 4 aromatic rings. The number of aromatic nitrogens is 3. The molecule has 0 spiro atoms. The summed E-state index contributed by atoms with van der Waals surface area (Å²) in [5, 5.41) is 11.5. The van der Waals surface area contributed by atoms with Crippen LogP contribution in [0.4, 0.5) is 5.13 Å². The van der Waals surface area contributed by atoms with Crippen LogP contribution in [-0.2, 0) is 11.4 Å². The predicted octanol–water partition coefficient (Wildman–Crippen LogP) is 4.00. The Labute approximate surface area is 174 Å². The lowest BCUT2D eigenvalue weighted by molar-refractivity contribution is -0.113. The molecule has 148 valence electrons. The Bertz CT molecular complexity index is 1110. The lowest BCUT2D eigenvalue weighted by Crippen LogP contribution is -2.13. The van der Waals surface area contributed by atoms with Gasteiger partial charge in [0.25, 0.3) is 11.1 Å². The Morgan fingerprint density at radius 3 is 2.86 bits per heavy atom. The topological polar surface area (TPSA) is 99.4 Å². The Morgan fingerprint density at radius 1 is 1.17 bits per heavy atom. The number of thiazole rings is 1. The molecule has 0 bridgehead atoms. The third-order valence-corrected chi connectivity index (χ3v) is 5.47. The molecular weight excluding hydrogens is 412 g/mol. The van der Waals surface area contributed by atoms with Crippen LogP contribution in [0.3, 0.4) is 0 Å².